The Kier molecular flexibility index (Phi) is 27.7. The molecule has 4 aliphatic carbocycles. The standard InChI is InChI=1S/2C16H16N3.C15H10N3.C11H24O2.C5H12O2.3Pt/c2*1-2-4-12(5-3-1)15-17-10-18-16(19-15)14-9-11-6-7-13(14)8-11;1-3-7-12(8-4-1)14-16-11-17-15(18-14)13-9-5-2-6-10-13;1-10(2,3)8(12)7-9(13)11(4,5)6;1-4(6)3-5(2)7;;;/h2*1-4,10-11,13-14H,6-9H2;1-9,11H;8-9,12-13H,7H2,1-6H3;4-7H,3H2,1-2H3;;;/q3*-1;;;;;. The van der Waals surface area contributed by atoms with Gasteiger partial charge in [-0.15, -0.1) is 108 Å². The number of hydrogen-bond donors (Lipinski definition) is 4. The van der Waals surface area contributed by atoms with E-state index in [9.17, 15) is 10.2 Å². The molecule has 3 heterocycles. The van der Waals surface area contributed by atoms with Gasteiger partial charge in [0.1, 0.15) is 30.6 Å². The van der Waals surface area contributed by atoms with Gasteiger partial charge in [0.15, 0.2) is 5.82 Å². The molecule has 0 spiro atoms. The van der Waals surface area contributed by atoms with E-state index in [1.165, 1.54) is 57.7 Å². The van der Waals surface area contributed by atoms with E-state index >= 15 is 0 Å². The molecule has 4 fully saturated rings. The van der Waals surface area contributed by atoms with Crippen LogP contribution in [0.3, 0.4) is 0 Å². The maximum Gasteiger partial charge on any atom is 0.153 e. The molecule has 3 aromatic heterocycles. The molecule has 4 saturated carbocycles. The van der Waals surface area contributed by atoms with E-state index in [1.54, 1.807) is 26.5 Å². The molecular weight excluding hydrogens is 1530 g/mol. The van der Waals surface area contributed by atoms with Gasteiger partial charge in [0.25, 0.3) is 0 Å². The summed E-state index contributed by atoms with van der Waals surface area (Å²) in [5.41, 5.74) is 3.47. The number of aliphatic hydroxyl groups is 4. The van der Waals surface area contributed by atoms with Crippen LogP contribution >= 0.6 is 0 Å². The van der Waals surface area contributed by atoms with Crippen molar-refractivity contribution in [1.29, 1.82) is 0 Å². The van der Waals surface area contributed by atoms with Crippen molar-refractivity contribution in [2.45, 2.75) is 156 Å². The Morgan fingerprint density at radius 1 is 0.443 bits per heavy atom. The number of rotatable bonds is 10. The maximum atomic E-state index is 9.76. The molecule has 7 aromatic rings. The van der Waals surface area contributed by atoms with Gasteiger partial charge in [-0.3, -0.25) is 29.9 Å². The molecular formula is C63H78N9O4Pt3-3. The van der Waals surface area contributed by atoms with E-state index in [-0.39, 0.29) is 86.2 Å². The Bertz CT molecular complexity index is 2630. The predicted molar refractivity (Wildman–Crippen MR) is 298 cm³/mol. The zero-order valence-corrected chi connectivity index (χ0v) is 53.5. The van der Waals surface area contributed by atoms with Crippen LogP contribution in [0.2, 0.25) is 0 Å². The summed E-state index contributed by atoms with van der Waals surface area (Å²) in [5, 5.41) is 36.6. The molecule has 10 unspecified atom stereocenters. The van der Waals surface area contributed by atoms with Gasteiger partial charge in [-0.25, -0.2) is 15.0 Å². The van der Waals surface area contributed by atoms with Crippen LogP contribution in [0.1, 0.15) is 143 Å². The molecule has 4 aliphatic rings. The van der Waals surface area contributed by atoms with Gasteiger partial charge in [0.05, 0.1) is 41.9 Å². The number of hydrogen-bond acceptors (Lipinski definition) is 13. The van der Waals surface area contributed by atoms with Crippen molar-refractivity contribution in [3.8, 4) is 45.6 Å². The van der Waals surface area contributed by atoms with Gasteiger partial charge in [-0.2, -0.15) is 0 Å². The first-order valence-electron chi connectivity index (χ1n) is 27.2. The summed E-state index contributed by atoms with van der Waals surface area (Å²) in [6.07, 6.45) is 15.0. The largest absolute Gasteiger partial charge is 0.393 e. The molecule has 0 radical (unpaired) electrons. The van der Waals surface area contributed by atoms with Crippen molar-refractivity contribution in [3.05, 3.63) is 152 Å². The molecule has 13 nitrogen and oxygen atoms in total. The minimum absolute atomic E-state index is 0. The van der Waals surface area contributed by atoms with E-state index in [1.807, 2.05) is 145 Å². The zero-order chi connectivity index (χ0) is 54.2. The Morgan fingerprint density at radius 2 is 0.810 bits per heavy atom. The van der Waals surface area contributed by atoms with Crippen molar-refractivity contribution in [2.75, 3.05) is 0 Å². The number of fused-ring (bicyclic) bond motifs is 4. The summed E-state index contributed by atoms with van der Waals surface area (Å²) >= 11 is 0. The second-order valence-corrected chi connectivity index (χ2v) is 23.2. The smallest absolute Gasteiger partial charge is 0.153 e. The molecule has 4 aromatic carbocycles. The molecule has 432 valence electrons. The van der Waals surface area contributed by atoms with Crippen molar-refractivity contribution in [1.82, 2.24) is 44.9 Å². The van der Waals surface area contributed by atoms with Crippen LogP contribution in [-0.4, -0.2) is 89.7 Å². The van der Waals surface area contributed by atoms with Gasteiger partial charge in [-0.1, -0.05) is 84.7 Å². The fourth-order valence-electron chi connectivity index (χ4n) is 10.5. The molecule has 0 amide bonds. The second kappa shape index (κ2) is 32.5. The van der Waals surface area contributed by atoms with Crippen LogP contribution < -0.4 is 0 Å². The maximum absolute atomic E-state index is 9.76. The summed E-state index contributed by atoms with van der Waals surface area (Å²) in [6.45, 7) is 15.2. The molecule has 10 atom stereocenters. The van der Waals surface area contributed by atoms with E-state index in [2.05, 4.69) is 53.1 Å². The number of aromatic nitrogens is 9. The average Bonchev–Trinajstić information content (AvgIpc) is 4.29. The third-order valence-electron chi connectivity index (χ3n) is 14.9. The molecule has 79 heavy (non-hydrogen) atoms. The summed E-state index contributed by atoms with van der Waals surface area (Å²) in [5.74, 6) is 9.39. The molecule has 0 aliphatic heterocycles. The van der Waals surface area contributed by atoms with E-state index < -0.39 is 12.2 Å². The van der Waals surface area contributed by atoms with Gasteiger partial charge in [0.2, 0.25) is 0 Å². The number of aliphatic hydroxyl groups excluding tert-OH is 4. The summed E-state index contributed by atoms with van der Waals surface area (Å²) in [6, 6.07) is 42.7. The van der Waals surface area contributed by atoms with Gasteiger partial charge in [0, 0.05) is 87.0 Å². The van der Waals surface area contributed by atoms with Crippen LogP contribution in [0.4, 0.5) is 0 Å². The first kappa shape index (κ1) is 67.3. The van der Waals surface area contributed by atoms with Crippen LogP contribution in [0.5, 0.6) is 0 Å². The van der Waals surface area contributed by atoms with Crippen molar-refractivity contribution < 1.29 is 83.6 Å². The van der Waals surface area contributed by atoms with Crippen LogP contribution in [0.25, 0.3) is 45.6 Å². The topological polar surface area (TPSA) is 197 Å². The molecule has 11 rings (SSSR count). The molecule has 16 heteroatoms. The van der Waals surface area contributed by atoms with E-state index in [0.717, 1.165) is 69.2 Å². The number of nitrogens with zero attached hydrogens (tertiary/aromatic N) is 9. The van der Waals surface area contributed by atoms with Crippen molar-refractivity contribution >= 4 is 0 Å². The summed E-state index contributed by atoms with van der Waals surface area (Å²) < 4.78 is 0. The van der Waals surface area contributed by atoms with Crippen LogP contribution in [-0.2, 0) is 63.2 Å². The number of benzene rings is 4. The van der Waals surface area contributed by atoms with E-state index in [0.29, 0.717) is 36.3 Å². The monoisotopic (exact) mass is 1610 g/mol. The normalized spacial score (nSPS) is 20.9. The Balaban J connectivity index is 0.000000218. The quantitative estimate of drug-likeness (QED) is 0.0945. The third-order valence-corrected chi connectivity index (χ3v) is 14.9. The zero-order valence-electron chi connectivity index (χ0n) is 46.7. The first-order chi connectivity index (χ1) is 36.4. The fraction of sp³-hybridized carbons (Fsp3) is 0.476. The van der Waals surface area contributed by atoms with Gasteiger partial charge in [-0.05, 0) is 93.3 Å². The van der Waals surface area contributed by atoms with Crippen LogP contribution in [0.15, 0.2) is 122 Å². The van der Waals surface area contributed by atoms with E-state index in [4.69, 9.17) is 20.2 Å². The SMILES string of the molecule is CC(C)(C)C(O)CC(O)C(C)(C)C.CC(O)CC(C)O.[Pt].[Pt].[Pt].[c-]1ccccc1-c1ncnc(-c2ccccc2)n1.[c-]1ccccc1-c1ncnc(C2CC3CCC2C3)n1.[c-]1ccccc1-c1ncnc(C2CC3CCC2C3)n1. The minimum atomic E-state index is -0.443. The van der Waals surface area contributed by atoms with Crippen molar-refractivity contribution in [3.63, 3.8) is 0 Å². The third kappa shape index (κ3) is 20.6. The Hall–Kier alpha value is -4.19. The van der Waals surface area contributed by atoms with Crippen LogP contribution in [0, 0.1) is 52.7 Å². The fourth-order valence-corrected chi connectivity index (χ4v) is 10.5. The molecule has 4 bridgehead atoms. The minimum Gasteiger partial charge on any atom is -0.393 e. The summed E-state index contributed by atoms with van der Waals surface area (Å²) in [7, 11) is 0. The summed E-state index contributed by atoms with van der Waals surface area (Å²) in [4.78, 5) is 39.7. The molecule has 4 N–H and O–H groups in total. The molecule has 0 saturated heterocycles. The first-order valence-corrected chi connectivity index (χ1v) is 27.2. The second-order valence-electron chi connectivity index (χ2n) is 23.2. The predicted octanol–water partition coefficient (Wildman–Crippen LogP) is 11.8. The Labute approximate surface area is 512 Å². The van der Waals surface area contributed by atoms with Gasteiger partial charge < -0.3 is 20.4 Å². The Morgan fingerprint density at radius 3 is 1.13 bits per heavy atom. The van der Waals surface area contributed by atoms with Crippen molar-refractivity contribution in [2.24, 2.45) is 34.5 Å². The average molecular weight is 1610 g/mol. The van der Waals surface area contributed by atoms with Gasteiger partial charge >= 0.3 is 0 Å².